The van der Waals surface area contributed by atoms with E-state index >= 15 is 0 Å². The molecular weight excluding hydrogens is 304 g/mol. The summed E-state index contributed by atoms with van der Waals surface area (Å²) in [5.41, 5.74) is 3.98. The highest BCUT2D eigenvalue weighted by atomic mass is 28.4. The van der Waals surface area contributed by atoms with Crippen LogP contribution in [0.25, 0.3) is 0 Å². The Bertz CT molecular complexity index is 484. The predicted molar refractivity (Wildman–Crippen MR) is 98.4 cm³/mol. The molecule has 0 unspecified atom stereocenters. The summed E-state index contributed by atoms with van der Waals surface area (Å²) >= 11 is 0. The Balaban J connectivity index is 2.36. The van der Waals surface area contributed by atoms with Gasteiger partial charge in [0.2, 0.25) is 0 Å². The summed E-state index contributed by atoms with van der Waals surface area (Å²) in [7, 11) is 0.138. The van der Waals surface area contributed by atoms with Crippen molar-refractivity contribution < 1.29 is 13.9 Å². The standard InChI is InChI=1S/C19H30O3Si/c1-6-7-8-9-19(22-23(3,4)5)14-15-21-16-17-10-12-18(20-2)13-11-17/h7,10-13,19H,1,8-9,14-16H2,2-5H3/t19-/m1/s1. The molecule has 1 aromatic carbocycles. The van der Waals surface area contributed by atoms with E-state index in [9.17, 15) is 0 Å². The third kappa shape index (κ3) is 9.42. The second kappa shape index (κ2) is 10.5. The molecule has 0 aromatic heterocycles. The van der Waals surface area contributed by atoms with Gasteiger partial charge in [0.1, 0.15) is 5.75 Å². The van der Waals surface area contributed by atoms with Crippen LogP contribution in [0.2, 0.25) is 19.6 Å². The van der Waals surface area contributed by atoms with E-state index in [1.54, 1.807) is 7.11 Å². The molecule has 0 N–H and O–H groups in total. The summed E-state index contributed by atoms with van der Waals surface area (Å²) in [5, 5.41) is 0. The summed E-state index contributed by atoms with van der Waals surface area (Å²) in [6.45, 7) is 11.6. The molecule has 1 rings (SSSR count). The van der Waals surface area contributed by atoms with Crippen LogP contribution in [0, 0.1) is 0 Å². The lowest BCUT2D eigenvalue weighted by molar-refractivity contribution is 0.0774. The number of allylic oxidation sites excluding steroid dienone is 1. The smallest absolute Gasteiger partial charge is 0.184 e. The molecule has 0 amide bonds. The van der Waals surface area contributed by atoms with Gasteiger partial charge in [-0.3, -0.25) is 0 Å². The maximum atomic E-state index is 6.24. The summed E-state index contributed by atoms with van der Waals surface area (Å²) < 4.78 is 17.2. The van der Waals surface area contributed by atoms with Gasteiger partial charge < -0.3 is 13.9 Å². The maximum absolute atomic E-state index is 6.24. The maximum Gasteiger partial charge on any atom is 0.184 e. The molecule has 0 aliphatic heterocycles. The lowest BCUT2D eigenvalue weighted by atomic mass is 10.1. The Morgan fingerprint density at radius 1 is 1.17 bits per heavy atom. The van der Waals surface area contributed by atoms with E-state index < -0.39 is 8.32 Å². The fourth-order valence-corrected chi connectivity index (χ4v) is 3.50. The number of hydrogen-bond acceptors (Lipinski definition) is 3. The van der Waals surface area contributed by atoms with Gasteiger partial charge in [0.25, 0.3) is 0 Å². The van der Waals surface area contributed by atoms with Crippen LogP contribution >= 0.6 is 0 Å². The Kier molecular flexibility index (Phi) is 8.96. The van der Waals surface area contributed by atoms with Crippen LogP contribution in [0.5, 0.6) is 5.75 Å². The SMILES string of the molecule is C=C=CCC[C@H](CCOCc1ccc(OC)cc1)O[Si](C)(C)C. The van der Waals surface area contributed by atoms with Crippen molar-refractivity contribution in [3.8, 4) is 5.75 Å². The highest BCUT2D eigenvalue weighted by molar-refractivity contribution is 6.69. The van der Waals surface area contributed by atoms with E-state index in [1.165, 1.54) is 0 Å². The molecule has 4 heteroatoms. The van der Waals surface area contributed by atoms with Crippen molar-refractivity contribution in [3.05, 3.63) is 48.2 Å². The van der Waals surface area contributed by atoms with E-state index in [0.717, 1.165) is 30.6 Å². The van der Waals surface area contributed by atoms with Crippen molar-refractivity contribution >= 4 is 8.32 Å². The van der Waals surface area contributed by atoms with Crippen LogP contribution in [0.4, 0.5) is 0 Å². The first kappa shape index (κ1) is 19.7. The largest absolute Gasteiger partial charge is 0.497 e. The van der Waals surface area contributed by atoms with Gasteiger partial charge in [0, 0.05) is 12.7 Å². The average Bonchev–Trinajstić information content (AvgIpc) is 2.50. The molecule has 0 heterocycles. The minimum atomic E-state index is -1.53. The summed E-state index contributed by atoms with van der Waals surface area (Å²) in [6, 6.07) is 7.97. The number of benzene rings is 1. The topological polar surface area (TPSA) is 27.7 Å². The van der Waals surface area contributed by atoms with Crippen molar-refractivity contribution in [2.45, 2.75) is 51.6 Å². The summed E-state index contributed by atoms with van der Waals surface area (Å²) in [5.74, 6) is 0.868. The Labute approximate surface area is 142 Å². The van der Waals surface area contributed by atoms with Gasteiger partial charge in [0.05, 0.1) is 13.7 Å². The van der Waals surface area contributed by atoms with Crippen LogP contribution in [-0.4, -0.2) is 28.1 Å². The van der Waals surface area contributed by atoms with Crippen molar-refractivity contribution in [2.75, 3.05) is 13.7 Å². The fraction of sp³-hybridized carbons (Fsp3) is 0.526. The van der Waals surface area contributed by atoms with E-state index in [2.05, 4.69) is 32.0 Å². The molecular formula is C19H30O3Si. The number of methoxy groups -OCH3 is 1. The van der Waals surface area contributed by atoms with Crippen LogP contribution in [-0.2, 0) is 15.8 Å². The zero-order valence-electron chi connectivity index (χ0n) is 14.9. The molecule has 0 saturated heterocycles. The molecule has 0 radical (unpaired) electrons. The first-order valence-electron chi connectivity index (χ1n) is 8.17. The van der Waals surface area contributed by atoms with Crippen LogP contribution in [0.15, 0.2) is 42.7 Å². The number of ether oxygens (including phenoxy) is 2. The molecule has 0 aliphatic rings. The number of rotatable bonds is 11. The second-order valence-electron chi connectivity index (χ2n) is 6.53. The first-order chi connectivity index (χ1) is 10.9. The van der Waals surface area contributed by atoms with Crippen molar-refractivity contribution in [2.24, 2.45) is 0 Å². The first-order valence-corrected chi connectivity index (χ1v) is 11.6. The summed E-state index contributed by atoms with van der Waals surface area (Å²) in [6.07, 6.45) is 5.10. The molecule has 128 valence electrons. The normalized spacial score (nSPS) is 12.5. The number of hydrogen-bond donors (Lipinski definition) is 0. The van der Waals surface area contributed by atoms with E-state index in [-0.39, 0.29) is 6.10 Å². The highest BCUT2D eigenvalue weighted by Crippen LogP contribution is 2.16. The molecule has 0 spiro atoms. The molecule has 1 atom stereocenters. The molecule has 0 bridgehead atoms. The molecule has 23 heavy (non-hydrogen) atoms. The second-order valence-corrected chi connectivity index (χ2v) is 11.0. The monoisotopic (exact) mass is 334 g/mol. The lowest BCUT2D eigenvalue weighted by Gasteiger charge is -2.26. The van der Waals surface area contributed by atoms with Crippen LogP contribution < -0.4 is 4.74 Å². The van der Waals surface area contributed by atoms with E-state index in [4.69, 9.17) is 13.9 Å². The molecule has 0 fully saturated rings. The van der Waals surface area contributed by atoms with Gasteiger partial charge >= 0.3 is 0 Å². The third-order valence-corrected chi connectivity index (χ3v) is 4.35. The van der Waals surface area contributed by atoms with E-state index in [1.807, 2.05) is 30.3 Å². The molecule has 1 aromatic rings. The van der Waals surface area contributed by atoms with Gasteiger partial charge in [-0.1, -0.05) is 18.7 Å². The highest BCUT2D eigenvalue weighted by Gasteiger charge is 2.20. The zero-order chi connectivity index (χ0) is 17.1. The van der Waals surface area contributed by atoms with Gasteiger partial charge in [0.15, 0.2) is 8.32 Å². The quantitative estimate of drug-likeness (QED) is 0.326. The lowest BCUT2D eigenvalue weighted by Crippen LogP contribution is -2.32. The molecule has 0 saturated carbocycles. The minimum absolute atomic E-state index is 0.252. The van der Waals surface area contributed by atoms with Crippen LogP contribution in [0.1, 0.15) is 24.8 Å². The van der Waals surface area contributed by atoms with Gasteiger partial charge in [-0.15, -0.1) is 5.73 Å². The Hall–Kier alpha value is -1.32. The Morgan fingerprint density at radius 2 is 1.87 bits per heavy atom. The van der Waals surface area contributed by atoms with E-state index in [0.29, 0.717) is 13.2 Å². The zero-order valence-corrected chi connectivity index (χ0v) is 15.9. The molecule has 0 aliphatic carbocycles. The van der Waals surface area contributed by atoms with Crippen molar-refractivity contribution in [1.82, 2.24) is 0 Å². The average molecular weight is 335 g/mol. The minimum Gasteiger partial charge on any atom is -0.497 e. The van der Waals surface area contributed by atoms with Crippen molar-refractivity contribution in [1.29, 1.82) is 0 Å². The predicted octanol–water partition coefficient (Wildman–Crippen LogP) is 4.94. The van der Waals surface area contributed by atoms with Crippen molar-refractivity contribution in [3.63, 3.8) is 0 Å². The summed E-state index contributed by atoms with van der Waals surface area (Å²) in [4.78, 5) is 0. The fourth-order valence-electron chi connectivity index (χ4n) is 2.26. The third-order valence-electron chi connectivity index (χ3n) is 3.31. The van der Waals surface area contributed by atoms with Gasteiger partial charge in [-0.05, 0) is 62.7 Å². The van der Waals surface area contributed by atoms with Gasteiger partial charge in [-0.25, -0.2) is 0 Å². The van der Waals surface area contributed by atoms with Gasteiger partial charge in [-0.2, -0.15) is 0 Å². The Morgan fingerprint density at radius 3 is 2.43 bits per heavy atom. The molecule has 3 nitrogen and oxygen atoms in total. The van der Waals surface area contributed by atoms with Crippen LogP contribution in [0.3, 0.4) is 0 Å².